The van der Waals surface area contributed by atoms with Crippen LogP contribution in [0.15, 0.2) is 48.5 Å². The first-order valence-electron chi connectivity index (χ1n) is 7.38. The minimum atomic E-state index is -0.650. The fourth-order valence-electron chi connectivity index (χ4n) is 2.12. The van der Waals surface area contributed by atoms with Crippen LogP contribution < -0.4 is 10.1 Å². The van der Waals surface area contributed by atoms with Gasteiger partial charge in [0.05, 0.1) is 6.10 Å². The molecule has 0 spiro atoms. The molecule has 0 saturated carbocycles. The van der Waals surface area contributed by atoms with E-state index in [4.69, 9.17) is 21.6 Å². The van der Waals surface area contributed by atoms with Crippen LogP contribution in [-0.4, -0.2) is 17.8 Å². The summed E-state index contributed by atoms with van der Waals surface area (Å²) in [5.74, 6) is 0.666. The second kappa shape index (κ2) is 8.54. The number of benzene rings is 2. The summed E-state index contributed by atoms with van der Waals surface area (Å²) in [5.41, 5.74) is 1.78. The Kier molecular flexibility index (Phi) is 6.42. The summed E-state index contributed by atoms with van der Waals surface area (Å²) >= 11 is 6.06. The van der Waals surface area contributed by atoms with Crippen molar-refractivity contribution in [3.05, 3.63) is 64.7 Å². The molecule has 0 bridgehead atoms. The van der Waals surface area contributed by atoms with Crippen LogP contribution in [0.25, 0.3) is 0 Å². The minimum Gasteiger partial charge on any atom is -0.476 e. The summed E-state index contributed by atoms with van der Waals surface area (Å²) in [7, 11) is 0. The van der Waals surface area contributed by atoms with Crippen LogP contribution in [0.1, 0.15) is 24.2 Å². The van der Waals surface area contributed by atoms with Crippen LogP contribution in [0.4, 0.5) is 0 Å². The maximum atomic E-state index is 10.2. The lowest BCUT2D eigenvalue weighted by Crippen LogP contribution is -2.21. The Balaban J connectivity index is 1.82. The van der Waals surface area contributed by atoms with Gasteiger partial charge >= 0.3 is 0 Å². The van der Waals surface area contributed by atoms with Crippen LogP contribution in [0.2, 0.25) is 5.02 Å². The van der Waals surface area contributed by atoms with Gasteiger partial charge in [-0.1, -0.05) is 41.9 Å². The molecule has 4 nitrogen and oxygen atoms in total. The Bertz CT molecular complexity index is 667. The average Bonchev–Trinajstić information content (AvgIpc) is 2.56. The summed E-state index contributed by atoms with van der Waals surface area (Å²) < 4.78 is 5.40. The van der Waals surface area contributed by atoms with Crippen molar-refractivity contribution in [2.45, 2.75) is 25.7 Å². The van der Waals surface area contributed by atoms with E-state index >= 15 is 0 Å². The molecule has 0 heterocycles. The molecule has 0 saturated heterocycles. The highest BCUT2D eigenvalue weighted by Gasteiger charge is 2.10. The molecular formula is C18H19ClN2O2. The molecule has 0 aliphatic rings. The Labute approximate surface area is 141 Å². The van der Waals surface area contributed by atoms with Crippen LogP contribution in [0.5, 0.6) is 5.75 Å². The zero-order valence-corrected chi connectivity index (χ0v) is 13.6. The summed E-state index contributed by atoms with van der Waals surface area (Å²) in [6, 6.07) is 16.8. The van der Waals surface area contributed by atoms with Crippen LogP contribution in [0.3, 0.4) is 0 Å². The topological polar surface area (TPSA) is 65.3 Å². The number of hydrogen-bond acceptors (Lipinski definition) is 4. The highest BCUT2D eigenvalue weighted by Crippen LogP contribution is 2.22. The third-order valence-corrected chi connectivity index (χ3v) is 3.69. The highest BCUT2D eigenvalue weighted by molar-refractivity contribution is 6.31. The van der Waals surface area contributed by atoms with E-state index in [1.54, 1.807) is 13.0 Å². The second-order valence-corrected chi connectivity index (χ2v) is 5.61. The number of ether oxygens (including phenoxy) is 1. The summed E-state index contributed by atoms with van der Waals surface area (Å²) in [6.07, 6.45) is -1.12. The molecule has 0 aromatic heterocycles. The van der Waals surface area contributed by atoms with E-state index < -0.39 is 12.2 Å². The van der Waals surface area contributed by atoms with Gasteiger partial charge in [-0.05, 0) is 30.7 Å². The third-order valence-electron chi connectivity index (χ3n) is 3.35. The monoisotopic (exact) mass is 330 g/mol. The van der Waals surface area contributed by atoms with Crippen molar-refractivity contribution in [2.24, 2.45) is 0 Å². The normalized spacial score (nSPS) is 13.1. The Hall–Kier alpha value is -2.06. The molecule has 0 radical (unpaired) electrons. The number of rotatable bonds is 7. The first-order valence-corrected chi connectivity index (χ1v) is 7.76. The summed E-state index contributed by atoms with van der Waals surface area (Å²) in [6.45, 7) is 2.73. The van der Waals surface area contributed by atoms with Crippen molar-refractivity contribution in [3.63, 3.8) is 0 Å². The maximum absolute atomic E-state index is 10.2. The first kappa shape index (κ1) is 17.3. The summed E-state index contributed by atoms with van der Waals surface area (Å²) in [5, 5.41) is 22.6. The molecule has 2 aromatic carbocycles. The lowest BCUT2D eigenvalue weighted by Gasteiger charge is -2.14. The van der Waals surface area contributed by atoms with Gasteiger partial charge in [0, 0.05) is 23.7 Å². The lowest BCUT2D eigenvalue weighted by atomic mass is 10.1. The molecule has 0 aliphatic carbocycles. The fourth-order valence-corrected chi connectivity index (χ4v) is 2.39. The molecule has 2 aromatic rings. The number of nitrogens with zero attached hydrogens (tertiary/aromatic N) is 1. The smallest absolute Gasteiger partial charge is 0.181 e. The van der Waals surface area contributed by atoms with Crippen molar-refractivity contribution in [1.29, 1.82) is 5.26 Å². The zero-order valence-electron chi connectivity index (χ0n) is 12.9. The van der Waals surface area contributed by atoms with Crippen molar-refractivity contribution < 1.29 is 9.84 Å². The van der Waals surface area contributed by atoms with E-state index in [0.29, 0.717) is 23.9 Å². The van der Waals surface area contributed by atoms with E-state index in [-0.39, 0.29) is 0 Å². The van der Waals surface area contributed by atoms with Crippen molar-refractivity contribution in [1.82, 2.24) is 5.32 Å². The van der Waals surface area contributed by atoms with Gasteiger partial charge in [0.15, 0.2) is 6.10 Å². The average molecular weight is 331 g/mol. The minimum absolute atomic E-state index is 0.410. The molecule has 2 atom stereocenters. The zero-order chi connectivity index (χ0) is 16.7. The van der Waals surface area contributed by atoms with Crippen LogP contribution in [0, 0.1) is 11.3 Å². The highest BCUT2D eigenvalue weighted by atomic mass is 35.5. The predicted molar refractivity (Wildman–Crippen MR) is 90.3 cm³/mol. The van der Waals surface area contributed by atoms with Gasteiger partial charge < -0.3 is 15.2 Å². The molecule has 2 rings (SSSR count). The van der Waals surface area contributed by atoms with Gasteiger partial charge in [0.25, 0.3) is 0 Å². The van der Waals surface area contributed by atoms with Crippen LogP contribution in [-0.2, 0) is 6.54 Å². The van der Waals surface area contributed by atoms with Crippen molar-refractivity contribution in [3.8, 4) is 11.8 Å². The molecule has 2 N–H and O–H groups in total. The SMILES string of the molecule is CC(C#N)Oc1ccc(CNCC(O)c2ccccc2Cl)cc1. The molecule has 120 valence electrons. The number of aliphatic hydroxyl groups is 1. The van der Waals surface area contributed by atoms with Gasteiger partial charge in [-0.15, -0.1) is 0 Å². The van der Waals surface area contributed by atoms with E-state index in [0.717, 1.165) is 11.1 Å². The van der Waals surface area contributed by atoms with Gasteiger partial charge in [0.2, 0.25) is 0 Å². The number of aliphatic hydroxyl groups excluding tert-OH is 1. The predicted octanol–water partition coefficient (Wildman–Crippen LogP) is 3.45. The number of hydrogen-bond donors (Lipinski definition) is 2. The lowest BCUT2D eigenvalue weighted by molar-refractivity contribution is 0.174. The fraction of sp³-hybridized carbons (Fsp3) is 0.278. The molecule has 0 aliphatic heterocycles. The Morgan fingerprint density at radius 3 is 2.57 bits per heavy atom. The number of nitriles is 1. The van der Waals surface area contributed by atoms with E-state index in [1.165, 1.54) is 0 Å². The number of nitrogens with one attached hydrogen (secondary N) is 1. The van der Waals surface area contributed by atoms with Crippen molar-refractivity contribution >= 4 is 11.6 Å². The van der Waals surface area contributed by atoms with E-state index in [2.05, 4.69) is 5.32 Å². The quantitative estimate of drug-likeness (QED) is 0.816. The van der Waals surface area contributed by atoms with E-state index in [1.807, 2.05) is 48.5 Å². The molecule has 5 heteroatoms. The third kappa shape index (κ3) is 5.26. The second-order valence-electron chi connectivity index (χ2n) is 5.20. The van der Waals surface area contributed by atoms with Crippen molar-refractivity contribution in [2.75, 3.05) is 6.54 Å². The molecule has 0 amide bonds. The largest absolute Gasteiger partial charge is 0.476 e. The van der Waals surface area contributed by atoms with Gasteiger partial charge in [0.1, 0.15) is 11.8 Å². The maximum Gasteiger partial charge on any atom is 0.181 e. The molecule has 0 fully saturated rings. The van der Waals surface area contributed by atoms with Crippen LogP contribution >= 0.6 is 11.6 Å². The first-order chi connectivity index (χ1) is 11.1. The molecule has 2 unspecified atom stereocenters. The molecule has 23 heavy (non-hydrogen) atoms. The summed E-state index contributed by atoms with van der Waals surface area (Å²) in [4.78, 5) is 0. The van der Waals surface area contributed by atoms with E-state index in [9.17, 15) is 5.11 Å². The molecular weight excluding hydrogens is 312 g/mol. The Morgan fingerprint density at radius 2 is 1.91 bits per heavy atom. The number of halogens is 1. The van der Waals surface area contributed by atoms with Gasteiger partial charge in [-0.2, -0.15) is 5.26 Å². The Morgan fingerprint density at radius 1 is 1.22 bits per heavy atom. The van der Waals surface area contributed by atoms with Gasteiger partial charge in [-0.25, -0.2) is 0 Å². The van der Waals surface area contributed by atoms with Gasteiger partial charge in [-0.3, -0.25) is 0 Å². The standard InChI is InChI=1S/C18H19ClN2O2/c1-13(10-20)23-15-8-6-14(7-9-15)11-21-12-18(22)16-4-2-3-5-17(16)19/h2-9,13,18,21-22H,11-12H2,1H3.